The molecule has 32 heavy (non-hydrogen) atoms. The number of benzene rings is 3. The third-order valence-electron chi connectivity index (χ3n) is 4.77. The number of nitrogens with zero attached hydrogens (tertiary/aromatic N) is 1. The molecule has 1 fully saturated rings. The lowest BCUT2D eigenvalue weighted by atomic mass is 10.1. The molecular weight excluding hydrogens is 441 g/mol. The standard InChI is InChI=1S/C23H15F3N2O3S/c24-23(25,26)16-10-8-14(9-11-16)12-19-21(30)28(22(31)32-19)13-20(29)27-18-7-3-5-15-4-1-2-6-17(15)18/h1-12H,13H2,(H,27,29)/b19-12-. The van der Waals surface area contributed by atoms with Crippen molar-refractivity contribution in [3.63, 3.8) is 0 Å². The molecule has 1 aliphatic heterocycles. The van der Waals surface area contributed by atoms with Crippen molar-refractivity contribution in [3.8, 4) is 0 Å². The maximum absolute atomic E-state index is 12.7. The molecule has 1 aliphatic rings. The highest BCUT2D eigenvalue weighted by Crippen LogP contribution is 2.33. The molecule has 0 unspecified atom stereocenters. The highest BCUT2D eigenvalue weighted by atomic mass is 32.2. The van der Waals surface area contributed by atoms with E-state index in [-0.39, 0.29) is 4.91 Å². The zero-order chi connectivity index (χ0) is 22.9. The lowest BCUT2D eigenvalue weighted by Gasteiger charge is -2.13. The average molecular weight is 456 g/mol. The summed E-state index contributed by atoms with van der Waals surface area (Å²) in [4.78, 5) is 38.2. The number of fused-ring (bicyclic) bond motifs is 1. The summed E-state index contributed by atoms with van der Waals surface area (Å²) in [7, 11) is 0. The Balaban J connectivity index is 1.47. The fourth-order valence-electron chi connectivity index (χ4n) is 3.22. The smallest absolute Gasteiger partial charge is 0.324 e. The minimum Gasteiger partial charge on any atom is -0.324 e. The Morgan fingerprint density at radius 3 is 2.38 bits per heavy atom. The monoisotopic (exact) mass is 456 g/mol. The molecule has 1 saturated heterocycles. The number of hydrogen-bond acceptors (Lipinski definition) is 4. The molecule has 3 amide bonds. The molecule has 162 valence electrons. The highest BCUT2D eigenvalue weighted by Gasteiger charge is 2.36. The summed E-state index contributed by atoms with van der Waals surface area (Å²) in [5, 5.41) is 3.84. The van der Waals surface area contributed by atoms with Gasteiger partial charge in [-0.2, -0.15) is 13.2 Å². The second kappa shape index (κ2) is 8.51. The summed E-state index contributed by atoms with van der Waals surface area (Å²) in [5.41, 5.74) is 0.0805. The van der Waals surface area contributed by atoms with Crippen LogP contribution in [-0.4, -0.2) is 28.5 Å². The number of carbonyl (C=O) groups excluding carboxylic acids is 3. The number of carbonyl (C=O) groups is 3. The van der Waals surface area contributed by atoms with Gasteiger partial charge in [0.05, 0.1) is 10.5 Å². The summed E-state index contributed by atoms with van der Waals surface area (Å²) >= 11 is 0.634. The molecule has 0 atom stereocenters. The summed E-state index contributed by atoms with van der Waals surface area (Å²) in [6.07, 6.45) is -3.14. The Labute approximate surface area is 184 Å². The molecule has 1 N–H and O–H groups in total. The number of alkyl halides is 3. The van der Waals surface area contributed by atoms with Crippen molar-refractivity contribution in [1.82, 2.24) is 4.90 Å². The van der Waals surface area contributed by atoms with Crippen molar-refractivity contribution in [1.29, 1.82) is 0 Å². The number of halogens is 3. The van der Waals surface area contributed by atoms with E-state index in [2.05, 4.69) is 5.32 Å². The normalized spacial score (nSPS) is 15.6. The van der Waals surface area contributed by atoms with Gasteiger partial charge in [0.1, 0.15) is 6.54 Å². The topological polar surface area (TPSA) is 66.5 Å². The maximum Gasteiger partial charge on any atom is 0.416 e. The van der Waals surface area contributed by atoms with Gasteiger partial charge in [-0.15, -0.1) is 0 Å². The van der Waals surface area contributed by atoms with E-state index in [4.69, 9.17) is 0 Å². The van der Waals surface area contributed by atoms with Crippen molar-refractivity contribution < 1.29 is 27.6 Å². The number of rotatable bonds is 4. The van der Waals surface area contributed by atoms with Crippen LogP contribution in [0.4, 0.5) is 23.7 Å². The summed E-state index contributed by atoms with van der Waals surface area (Å²) in [6.45, 7) is -0.474. The minimum absolute atomic E-state index is 0.0349. The number of anilines is 1. The van der Waals surface area contributed by atoms with Crippen molar-refractivity contribution in [3.05, 3.63) is 82.8 Å². The summed E-state index contributed by atoms with van der Waals surface area (Å²) < 4.78 is 38.1. The molecule has 1 heterocycles. The lowest BCUT2D eigenvalue weighted by Crippen LogP contribution is -2.36. The molecule has 4 rings (SSSR count). The fraction of sp³-hybridized carbons (Fsp3) is 0.0870. The first-order valence-electron chi connectivity index (χ1n) is 9.42. The minimum atomic E-state index is -4.46. The molecule has 0 aliphatic carbocycles. The number of thioether (sulfide) groups is 1. The Morgan fingerprint density at radius 2 is 1.66 bits per heavy atom. The van der Waals surface area contributed by atoms with Crippen LogP contribution in [0.25, 0.3) is 16.8 Å². The van der Waals surface area contributed by atoms with E-state index in [0.717, 1.165) is 27.8 Å². The van der Waals surface area contributed by atoms with E-state index >= 15 is 0 Å². The quantitative estimate of drug-likeness (QED) is 0.524. The predicted molar refractivity (Wildman–Crippen MR) is 117 cm³/mol. The van der Waals surface area contributed by atoms with Crippen molar-refractivity contribution in [2.75, 3.05) is 11.9 Å². The third-order valence-corrected chi connectivity index (χ3v) is 5.68. The van der Waals surface area contributed by atoms with E-state index in [1.807, 2.05) is 30.3 Å². The van der Waals surface area contributed by atoms with Gasteiger partial charge in [0.15, 0.2) is 0 Å². The molecule has 5 nitrogen and oxygen atoms in total. The molecule has 0 bridgehead atoms. The van der Waals surface area contributed by atoms with Crippen LogP contribution >= 0.6 is 11.8 Å². The predicted octanol–water partition coefficient (Wildman–Crippen LogP) is 5.53. The van der Waals surface area contributed by atoms with Crippen LogP contribution in [0, 0.1) is 0 Å². The average Bonchev–Trinajstić information content (AvgIpc) is 3.01. The van der Waals surface area contributed by atoms with Crippen LogP contribution in [0.1, 0.15) is 11.1 Å². The second-order valence-corrected chi connectivity index (χ2v) is 7.96. The Morgan fingerprint density at radius 1 is 0.969 bits per heavy atom. The second-order valence-electron chi connectivity index (χ2n) is 6.96. The zero-order valence-electron chi connectivity index (χ0n) is 16.3. The third kappa shape index (κ3) is 4.52. The van der Waals surface area contributed by atoms with Crippen molar-refractivity contribution in [2.24, 2.45) is 0 Å². The Bertz CT molecular complexity index is 1250. The number of imide groups is 1. The van der Waals surface area contributed by atoms with Crippen LogP contribution < -0.4 is 5.32 Å². The SMILES string of the molecule is O=C(CN1C(=O)S/C(=C\c2ccc(C(F)(F)F)cc2)C1=O)Nc1cccc2ccccc12. The number of hydrogen-bond donors (Lipinski definition) is 1. The van der Waals surface area contributed by atoms with Gasteiger partial charge in [-0.25, -0.2) is 0 Å². The molecule has 0 spiro atoms. The fourth-order valence-corrected chi connectivity index (χ4v) is 4.06. The molecule has 0 saturated carbocycles. The summed E-state index contributed by atoms with van der Waals surface area (Å²) in [5.74, 6) is -1.22. The van der Waals surface area contributed by atoms with Crippen LogP contribution in [0.15, 0.2) is 71.6 Å². The van der Waals surface area contributed by atoms with E-state index in [1.54, 1.807) is 12.1 Å². The number of nitrogens with one attached hydrogen (secondary N) is 1. The van der Waals surface area contributed by atoms with E-state index < -0.39 is 35.3 Å². The van der Waals surface area contributed by atoms with Gasteiger partial charge in [-0.1, -0.05) is 48.5 Å². The van der Waals surface area contributed by atoms with Gasteiger partial charge in [-0.3, -0.25) is 19.3 Å². The van der Waals surface area contributed by atoms with Crippen LogP contribution in [0.5, 0.6) is 0 Å². The van der Waals surface area contributed by atoms with Gasteiger partial charge in [-0.05, 0) is 47.0 Å². The van der Waals surface area contributed by atoms with Gasteiger partial charge in [0.2, 0.25) is 5.91 Å². The van der Waals surface area contributed by atoms with Crippen LogP contribution in [-0.2, 0) is 15.8 Å². The molecule has 3 aromatic rings. The lowest BCUT2D eigenvalue weighted by molar-refractivity contribution is -0.137. The Hall–Kier alpha value is -3.59. The van der Waals surface area contributed by atoms with Crippen molar-refractivity contribution >= 4 is 51.4 Å². The van der Waals surface area contributed by atoms with Gasteiger partial charge < -0.3 is 5.32 Å². The Kier molecular flexibility index (Phi) is 5.75. The largest absolute Gasteiger partial charge is 0.416 e. The van der Waals surface area contributed by atoms with Gasteiger partial charge in [0, 0.05) is 11.1 Å². The van der Waals surface area contributed by atoms with Crippen LogP contribution in [0.3, 0.4) is 0 Å². The number of amides is 3. The maximum atomic E-state index is 12.7. The molecule has 0 aromatic heterocycles. The van der Waals surface area contributed by atoms with E-state index in [0.29, 0.717) is 23.0 Å². The van der Waals surface area contributed by atoms with Gasteiger partial charge in [0.25, 0.3) is 11.1 Å². The van der Waals surface area contributed by atoms with Crippen LogP contribution in [0.2, 0.25) is 0 Å². The summed E-state index contributed by atoms with van der Waals surface area (Å²) in [6, 6.07) is 17.1. The van der Waals surface area contributed by atoms with E-state index in [1.165, 1.54) is 18.2 Å². The van der Waals surface area contributed by atoms with E-state index in [9.17, 15) is 27.6 Å². The zero-order valence-corrected chi connectivity index (χ0v) is 17.2. The first-order chi connectivity index (χ1) is 15.2. The molecule has 0 radical (unpaired) electrons. The first kappa shape index (κ1) is 21.6. The van der Waals surface area contributed by atoms with Crippen molar-refractivity contribution in [2.45, 2.75) is 6.18 Å². The molecule has 3 aromatic carbocycles. The molecule has 9 heteroatoms. The molecular formula is C23H15F3N2O3S. The first-order valence-corrected chi connectivity index (χ1v) is 10.2. The van der Waals surface area contributed by atoms with Gasteiger partial charge >= 0.3 is 6.18 Å². The highest BCUT2D eigenvalue weighted by molar-refractivity contribution is 8.18.